The van der Waals surface area contributed by atoms with Gasteiger partial charge in [0, 0.05) is 0 Å². The maximum atomic E-state index is 1.50. The van der Waals surface area contributed by atoms with E-state index in [1.165, 1.54) is 25.5 Å². The first kappa shape index (κ1) is 3.78. The van der Waals surface area contributed by atoms with Crippen molar-refractivity contribution in [2.75, 3.05) is 0 Å². The number of hydrogen-bond acceptors (Lipinski definition) is 0. The fourth-order valence-corrected chi connectivity index (χ4v) is 5.80. The Morgan fingerprint density at radius 1 is 0.714 bits per heavy atom. The smallest absolute Gasteiger partial charge is 0.364 e. The molecule has 2 spiro atoms. The van der Waals surface area contributed by atoms with Gasteiger partial charge in [-0.3, -0.25) is 11.4 Å². The molecule has 0 aliphatic carbocycles. The van der Waals surface area contributed by atoms with E-state index in [0.29, 0.717) is 11.4 Å². The van der Waals surface area contributed by atoms with Crippen LogP contribution < -0.4 is 0 Å². The van der Waals surface area contributed by atoms with Gasteiger partial charge in [-0.05, 0) is 0 Å². The molecule has 0 unspecified atom stereocenters. The molecule has 0 aromatic carbocycles. The van der Waals surface area contributed by atoms with E-state index in [2.05, 4.69) is 0 Å². The average molecular weight is 222 g/mol. The predicted molar refractivity (Wildman–Crippen MR) is 34.5 cm³/mol. The molecule has 0 bridgehead atoms. The third-order valence-corrected chi connectivity index (χ3v) is 5.66. The summed E-state index contributed by atoms with van der Waals surface area (Å²) < 4.78 is 0. The summed E-state index contributed by atoms with van der Waals surface area (Å²) in [7, 11) is 0. The largest absolute Gasteiger partial charge is 2.00 e. The maximum Gasteiger partial charge on any atom is 2.00 e. The molecule has 0 radical (unpaired) electrons. The van der Waals surface area contributed by atoms with Gasteiger partial charge >= 0.3 is 39.9 Å². The van der Waals surface area contributed by atoms with Gasteiger partial charge in [0.05, 0.1) is 0 Å². The van der Waals surface area contributed by atoms with Crippen LogP contribution in [-0.2, 0) is 0 Å². The zero-order chi connectivity index (χ0) is 3.31. The van der Waals surface area contributed by atoms with Crippen LogP contribution in [-0.4, -0.2) is 37.0 Å². The molecule has 7 heteroatoms. The van der Waals surface area contributed by atoms with E-state index in [9.17, 15) is 0 Å². The van der Waals surface area contributed by atoms with Gasteiger partial charge in [-0.25, -0.2) is 0 Å². The van der Waals surface area contributed by atoms with Gasteiger partial charge in [0.25, 0.3) is 0 Å². The van der Waals surface area contributed by atoms with Crippen LogP contribution in [0.4, 0.5) is 0 Å². The molecule has 0 N–H and O–H groups in total. The van der Waals surface area contributed by atoms with Crippen molar-refractivity contribution < 1.29 is 39.9 Å². The van der Waals surface area contributed by atoms with Gasteiger partial charge in [0.1, 0.15) is 0 Å². The minimum Gasteiger partial charge on any atom is -0.364 e. The summed E-state index contributed by atoms with van der Waals surface area (Å²) in [5, 5.41) is 0. The van der Waals surface area contributed by atoms with Crippen LogP contribution in [0, 0.1) is 39.9 Å². The van der Waals surface area contributed by atoms with Crippen molar-refractivity contribution in [2.45, 2.75) is 0 Å². The van der Waals surface area contributed by atoms with Crippen molar-refractivity contribution in [1.82, 2.24) is 0 Å². The first-order valence-corrected chi connectivity index (χ1v) is 3.33. The molecule has 7 heavy (non-hydrogen) atoms. The Labute approximate surface area is 76.0 Å². The fourth-order valence-electron chi connectivity index (χ4n) is 5.80. The van der Waals surface area contributed by atoms with Gasteiger partial charge in [0.2, 0.25) is 0 Å². The predicted octanol–water partition coefficient (Wildman–Crippen LogP) is -2.28. The summed E-state index contributed by atoms with van der Waals surface area (Å²) in [5.41, 5.74) is 1.33. The average Bonchev–Trinajstić information content (AvgIpc) is 2.12. The monoisotopic (exact) mass is 224 g/mol. The van der Waals surface area contributed by atoms with Crippen molar-refractivity contribution in [2.24, 2.45) is 0 Å². The molecule has 26 valence electrons. The molecule has 4 rings (SSSR count). The molecule has 4 aliphatic rings. The second kappa shape index (κ2) is 0.526. The van der Waals surface area contributed by atoms with Gasteiger partial charge in [-0.15, -0.1) is 0 Å². The third-order valence-electron chi connectivity index (χ3n) is 5.66. The van der Waals surface area contributed by atoms with Crippen molar-refractivity contribution in [1.29, 1.82) is 0 Å². The molecule has 4 heterocycles. The van der Waals surface area contributed by atoms with Gasteiger partial charge in [-0.1, -0.05) is 0 Å². The van der Waals surface area contributed by atoms with Crippen LogP contribution >= 0.6 is 0 Å². The minimum absolute atomic E-state index is 0. The van der Waals surface area contributed by atoms with E-state index in [1.807, 2.05) is 0 Å². The van der Waals surface area contributed by atoms with Crippen LogP contribution in [0.1, 0.15) is 0 Å². The molecule has 0 aromatic heterocycles. The Morgan fingerprint density at radius 3 is 1.00 bits per heavy atom. The normalized spacial score (nSPS) is 48.0. The zero-order valence-electron chi connectivity index (χ0n) is 3.82. The van der Waals surface area contributed by atoms with Crippen LogP contribution in [0.3, 0.4) is 0 Å². The molecule has 4 saturated heterocycles. The molecule has 0 amide bonds. The standard InChI is InChI=1S/B6.Gd/c1-2-5(1)3-4(5)6(1,2)3;/q-2;+2. The first-order chi connectivity index (χ1) is 2.98. The van der Waals surface area contributed by atoms with E-state index in [-0.39, 0.29) is 39.9 Å². The van der Waals surface area contributed by atoms with Crippen LogP contribution in [0.25, 0.3) is 0 Å². The van der Waals surface area contributed by atoms with E-state index in [1.54, 1.807) is 0 Å². The minimum atomic E-state index is 0. The van der Waals surface area contributed by atoms with Crippen LogP contribution in [0.2, 0.25) is 0 Å². The molecule has 4 fully saturated rings. The second-order valence-electron chi connectivity index (χ2n) is 4.62. The summed E-state index contributed by atoms with van der Waals surface area (Å²) in [6.07, 6.45) is 6.00. The van der Waals surface area contributed by atoms with E-state index in [0.717, 1.165) is 0 Å². The fraction of sp³-hybridized carbons (Fsp3) is 0. The first-order valence-electron chi connectivity index (χ1n) is 3.33. The summed E-state index contributed by atoms with van der Waals surface area (Å²) in [6, 6.07) is 0. The zero-order valence-corrected chi connectivity index (χ0v) is 6.09. The molecule has 0 nitrogen and oxygen atoms in total. The van der Waals surface area contributed by atoms with E-state index < -0.39 is 0 Å². The Balaban J connectivity index is 0.000000200. The Kier molecular flexibility index (Phi) is 0.284. The molecule has 0 atom stereocenters. The van der Waals surface area contributed by atoms with Crippen LogP contribution in [0.15, 0.2) is 0 Å². The van der Waals surface area contributed by atoms with Crippen molar-refractivity contribution >= 4 is 37.0 Å². The quantitative estimate of drug-likeness (QED) is 0.405. The van der Waals surface area contributed by atoms with Gasteiger partial charge in [-0.2, -0.15) is 0 Å². The number of rotatable bonds is 0. The SMILES string of the molecule is B12B3[B-]14B1B4[B-]231.[Gd+2]. The second-order valence-corrected chi connectivity index (χ2v) is 4.62. The molecular weight excluding hydrogens is 222 g/mol. The van der Waals surface area contributed by atoms with Gasteiger partial charge < -0.3 is 25.5 Å². The van der Waals surface area contributed by atoms with Crippen molar-refractivity contribution in [3.63, 3.8) is 0 Å². The molecule has 4 aliphatic heterocycles. The number of hydrogen-bond donors (Lipinski definition) is 0. The van der Waals surface area contributed by atoms with Gasteiger partial charge in [0.15, 0.2) is 0 Å². The van der Waals surface area contributed by atoms with E-state index in [4.69, 9.17) is 0 Å². The van der Waals surface area contributed by atoms with E-state index >= 15 is 0 Å². The van der Waals surface area contributed by atoms with Crippen molar-refractivity contribution in [3.05, 3.63) is 0 Å². The topological polar surface area (TPSA) is 0 Å². The summed E-state index contributed by atoms with van der Waals surface area (Å²) in [4.78, 5) is 0. The third kappa shape index (κ3) is 0.102. The van der Waals surface area contributed by atoms with Crippen molar-refractivity contribution in [3.8, 4) is 0 Å². The molecule has 0 saturated carbocycles. The Bertz CT molecular complexity index is 149. The Hall–Kier alpha value is 1.71. The molecule has 0 aromatic rings. The van der Waals surface area contributed by atoms with Crippen LogP contribution in [0.5, 0.6) is 0 Å². The summed E-state index contributed by atoms with van der Waals surface area (Å²) in [6.45, 7) is 0. The number of fused-ring (bicyclic) bond motifs is 10. The summed E-state index contributed by atoms with van der Waals surface area (Å²) >= 11 is 0. The molecular formula is B6Gd. The summed E-state index contributed by atoms with van der Waals surface area (Å²) in [5.74, 6) is 0. The Morgan fingerprint density at radius 2 is 1.00 bits per heavy atom. The maximum absolute atomic E-state index is 1.50.